The minimum Gasteiger partial charge on any atom is -0.464 e. The van der Waals surface area contributed by atoms with Gasteiger partial charge in [0, 0.05) is 5.56 Å². The van der Waals surface area contributed by atoms with Gasteiger partial charge in [-0.1, -0.05) is 12.1 Å². The fourth-order valence-corrected chi connectivity index (χ4v) is 1.76. The molecule has 4 nitrogen and oxygen atoms in total. The fraction of sp³-hybridized carbons (Fsp3) is 0.143. The molecule has 22 heavy (non-hydrogen) atoms. The zero-order valence-electron chi connectivity index (χ0n) is 11.1. The number of alkyl halides is 3. The molecule has 116 valence electrons. The van der Waals surface area contributed by atoms with E-state index in [1.165, 1.54) is 18.2 Å². The van der Waals surface area contributed by atoms with Gasteiger partial charge in [0.25, 0.3) is 0 Å². The second-order valence-electron chi connectivity index (χ2n) is 4.09. The van der Waals surface area contributed by atoms with Gasteiger partial charge in [0.05, 0.1) is 7.11 Å². The van der Waals surface area contributed by atoms with E-state index in [9.17, 15) is 22.4 Å². The lowest BCUT2D eigenvalue weighted by Gasteiger charge is -2.10. The average Bonchev–Trinajstić information content (AvgIpc) is 2.46. The number of hydrogen-bond acceptors (Lipinski definition) is 4. The highest BCUT2D eigenvalue weighted by Crippen LogP contribution is 2.28. The first-order valence-electron chi connectivity index (χ1n) is 5.91. The Morgan fingerprint density at radius 1 is 1.09 bits per heavy atom. The van der Waals surface area contributed by atoms with Crippen LogP contribution in [-0.2, 0) is 4.74 Å². The van der Waals surface area contributed by atoms with Crippen molar-refractivity contribution < 1.29 is 31.8 Å². The highest BCUT2D eigenvalue weighted by atomic mass is 19.4. The summed E-state index contributed by atoms with van der Waals surface area (Å²) in [5.41, 5.74) is 0.321. The van der Waals surface area contributed by atoms with E-state index in [4.69, 9.17) is 0 Å². The number of halogens is 4. The van der Waals surface area contributed by atoms with E-state index in [2.05, 4.69) is 14.5 Å². The quantitative estimate of drug-likeness (QED) is 0.493. The molecular formula is C14H9F4NO3. The summed E-state index contributed by atoms with van der Waals surface area (Å²) in [6.45, 7) is 0. The van der Waals surface area contributed by atoms with Crippen molar-refractivity contribution in [3.8, 4) is 16.9 Å². The first kappa shape index (κ1) is 15.7. The zero-order chi connectivity index (χ0) is 16.3. The lowest BCUT2D eigenvalue weighted by atomic mass is 10.0. The average molecular weight is 315 g/mol. The highest BCUT2D eigenvalue weighted by molar-refractivity contribution is 5.95. The van der Waals surface area contributed by atoms with E-state index in [1.807, 2.05) is 0 Å². The maximum Gasteiger partial charge on any atom is 0.573 e. The first-order valence-corrected chi connectivity index (χ1v) is 5.91. The molecule has 0 saturated heterocycles. The maximum atomic E-state index is 13.1. The Hall–Kier alpha value is -2.64. The minimum absolute atomic E-state index is 0.229. The van der Waals surface area contributed by atoms with E-state index in [0.717, 1.165) is 25.3 Å². The van der Waals surface area contributed by atoms with Gasteiger partial charge in [0.2, 0.25) is 5.95 Å². The van der Waals surface area contributed by atoms with Gasteiger partial charge >= 0.3 is 12.3 Å². The van der Waals surface area contributed by atoms with Crippen LogP contribution in [-0.4, -0.2) is 24.4 Å². The van der Waals surface area contributed by atoms with Crippen molar-refractivity contribution in [2.75, 3.05) is 7.11 Å². The Balaban J connectivity index is 2.38. The zero-order valence-corrected chi connectivity index (χ0v) is 11.1. The second kappa shape index (κ2) is 6.00. The molecule has 1 aromatic carbocycles. The second-order valence-corrected chi connectivity index (χ2v) is 4.09. The largest absolute Gasteiger partial charge is 0.573 e. The summed E-state index contributed by atoms with van der Waals surface area (Å²) in [6.07, 6.45) is -4.80. The number of benzene rings is 1. The summed E-state index contributed by atoms with van der Waals surface area (Å²) in [4.78, 5) is 15.0. The third-order valence-electron chi connectivity index (χ3n) is 2.64. The first-order chi connectivity index (χ1) is 10.3. The molecule has 0 saturated carbocycles. The lowest BCUT2D eigenvalue weighted by Crippen LogP contribution is -2.17. The molecule has 0 fully saturated rings. The van der Waals surface area contributed by atoms with Gasteiger partial charge in [-0.05, 0) is 29.8 Å². The molecule has 0 aliphatic rings. The molecule has 2 rings (SSSR count). The number of carbonyl (C=O) groups excluding carboxylic acids is 1. The smallest absolute Gasteiger partial charge is 0.464 e. The van der Waals surface area contributed by atoms with E-state index < -0.39 is 24.0 Å². The van der Waals surface area contributed by atoms with Crippen LogP contribution >= 0.6 is 0 Å². The normalized spacial score (nSPS) is 11.1. The summed E-state index contributed by atoms with van der Waals surface area (Å²) in [5, 5.41) is 0. The molecule has 0 atom stereocenters. The van der Waals surface area contributed by atoms with Gasteiger partial charge in [-0.15, -0.1) is 13.2 Å². The summed E-state index contributed by atoms with van der Waals surface area (Å²) >= 11 is 0. The number of pyridine rings is 1. The van der Waals surface area contributed by atoms with Crippen LogP contribution in [0, 0.1) is 5.95 Å². The van der Waals surface area contributed by atoms with E-state index in [0.29, 0.717) is 5.56 Å². The van der Waals surface area contributed by atoms with Gasteiger partial charge < -0.3 is 9.47 Å². The van der Waals surface area contributed by atoms with Gasteiger partial charge in [-0.2, -0.15) is 4.39 Å². The van der Waals surface area contributed by atoms with E-state index >= 15 is 0 Å². The summed E-state index contributed by atoms with van der Waals surface area (Å²) < 4.78 is 57.7. The Morgan fingerprint density at radius 2 is 1.73 bits per heavy atom. The number of nitrogens with zero attached hydrogens (tertiary/aromatic N) is 1. The molecule has 8 heteroatoms. The van der Waals surface area contributed by atoms with Crippen molar-refractivity contribution in [3.63, 3.8) is 0 Å². The molecular weight excluding hydrogens is 306 g/mol. The molecule has 1 aromatic heterocycles. The van der Waals surface area contributed by atoms with Crippen LogP contribution in [0.5, 0.6) is 5.75 Å². The Labute approximate surface area is 122 Å². The van der Waals surface area contributed by atoms with Crippen molar-refractivity contribution in [1.29, 1.82) is 0 Å². The number of carbonyl (C=O) groups is 1. The minimum atomic E-state index is -4.80. The highest BCUT2D eigenvalue weighted by Gasteiger charge is 2.31. The van der Waals surface area contributed by atoms with Gasteiger partial charge in [-0.3, -0.25) is 0 Å². The van der Waals surface area contributed by atoms with Crippen LogP contribution in [0.2, 0.25) is 0 Å². The Bertz CT molecular complexity index is 683. The van der Waals surface area contributed by atoms with Crippen molar-refractivity contribution in [3.05, 3.63) is 48.0 Å². The third-order valence-corrected chi connectivity index (χ3v) is 2.64. The van der Waals surface area contributed by atoms with Crippen molar-refractivity contribution in [1.82, 2.24) is 4.98 Å². The molecule has 0 radical (unpaired) electrons. The fourth-order valence-electron chi connectivity index (χ4n) is 1.76. The molecule has 0 spiro atoms. The van der Waals surface area contributed by atoms with E-state index in [-0.39, 0.29) is 11.3 Å². The Kier molecular flexibility index (Phi) is 4.30. The molecule has 0 aliphatic carbocycles. The van der Waals surface area contributed by atoms with Crippen molar-refractivity contribution in [2.24, 2.45) is 0 Å². The summed E-state index contributed by atoms with van der Waals surface area (Å²) in [6, 6.07) is 7.06. The summed E-state index contributed by atoms with van der Waals surface area (Å²) in [5.74, 6) is -2.14. The van der Waals surface area contributed by atoms with Crippen LogP contribution in [0.3, 0.4) is 0 Å². The predicted octanol–water partition coefficient (Wildman–Crippen LogP) is 3.57. The van der Waals surface area contributed by atoms with E-state index in [1.54, 1.807) is 0 Å². The molecule has 0 N–H and O–H groups in total. The number of aromatic nitrogens is 1. The number of hydrogen-bond donors (Lipinski definition) is 0. The molecule has 0 amide bonds. The molecule has 2 aromatic rings. The number of esters is 1. The van der Waals surface area contributed by atoms with Gasteiger partial charge in [0.15, 0.2) is 5.69 Å². The van der Waals surface area contributed by atoms with Gasteiger partial charge in [-0.25, -0.2) is 9.78 Å². The molecule has 1 heterocycles. The summed E-state index contributed by atoms with van der Waals surface area (Å²) in [7, 11) is 1.11. The molecule has 0 bridgehead atoms. The van der Waals surface area contributed by atoms with Crippen LogP contribution < -0.4 is 4.74 Å². The SMILES string of the molecule is COC(=O)c1nc(F)ccc1-c1ccc(OC(F)(F)F)cc1. The topological polar surface area (TPSA) is 48.4 Å². The van der Waals surface area contributed by atoms with Crippen LogP contribution in [0.1, 0.15) is 10.5 Å². The Morgan fingerprint density at radius 3 is 2.27 bits per heavy atom. The van der Waals surface area contributed by atoms with Crippen LogP contribution in [0.15, 0.2) is 36.4 Å². The van der Waals surface area contributed by atoms with Crippen LogP contribution in [0.4, 0.5) is 17.6 Å². The number of rotatable bonds is 3. The molecule has 0 aliphatic heterocycles. The monoisotopic (exact) mass is 315 g/mol. The standard InChI is InChI=1S/C14H9F4NO3/c1-21-13(20)12-10(6-7-11(15)19-12)8-2-4-9(5-3-8)22-14(16,17)18/h2-7H,1H3. The predicted molar refractivity (Wildman–Crippen MR) is 67.7 cm³/mol. The van der Waals surface area contributed by atoms with Crippen molar-refractivity contribution in [2.45, 2.75) is 6.36 Å². The number of methoxy groups -OCH3 is 1. The number of ether oxygens (including phenoxy) is 2. The van der Waals surface area contributed by atoms with Gasteiger partial charge in [0.1, 0.15) is 5.75 Å². The lowest BCUT2D eigenvalue weighted by molar-refractivity contribution is -0.274. The third kappa shape index (κ3) is 3.72. The van der Waals surface area contributed by atoms with Crippen molar-refractivity contribution >= 4 is 5.97 Å². The molecule has 0 unspecified atom stereocenters. The maximum absolute atomic E-state index is 13.1. The van der Waals surface area contributed by atoms with Crippen LogP contribution in [0.25, 0.3) is 11.1 Å².